The van der Waals surface area contributed by atoms with Crippen LogP contribution in [0.15, 0.2) is 24.3 Å². The summed E-state index contributed by atoms with van der Waals surface area (Å²) in [5.74, 6) is -0.170. The molecule has 17 heavy (non-hydrogen) atoms. The minimum absolute atomic E-state index is 0.170. The maximum atomic E-state index is 12.1. The van der Waals surface area contributed by atoms with Crippen LogP contribution in [0.1, 0.15) is 15.9 Å². The zero-order chi connectivity index (χ0) is 12.6. The van der Waals surface area contributed by atoms with Crippen LogP contribution in [0.25, 0.3) is 0 Å². The van der Waals surface area contributed by atoms with Crippen molar-refractivity contribution < 1.29 is 4.79 Å². The lowest BCUT2D eigenvalue weighted by atomic mass is 10.1. The van der Waals surface area contributed by atoms with Gasteiger partial charge in [0.05, 0.1) is 14.9 Å². The fourth-order valence-corrected chi connectivity index (χ4v) is 3.26. The molecule has 0 atom stereocenters. The molecule has 88 valence electrons. The number of hydrogen-bond acceptors (Lipinski definition) is 2. The van der Waals surface area contributed by atoms with Crippen LogP contribution in [-0.4, -0.2) is 5.78 Å². The zero-order valence-electron chi connectivity index (χ0n) is 8.14. The average molecular weight is 417 g/mol. The molecule has 0 aliphatic carbocycles. The highest BCUT2D eigenvalue weighted by atomic mass is 127. The molecule has 0 saturated heterocycles. The number of ketones is 1. The second-order valence-electron chi connectivity index (χ2n) is 3.20. The molecule has 0 spiro atoms. The molecule has 0 unspecified atom stereocenters. The van der Waals surface area contributed by atoms with E-state index < -0.39 is 0 Å². The second-order valence-corrected chi connectivity index (χ2v) is 7.05. The van der Waals surface area contributed by atoms with Gasteiger partial charge >= 0.3 is 0 Å². The lowest BCUT2D eigenvalue weighted by Crippen LogP contribution is -2.00. The van der Waals surface area contributed by atoms with Crippen LogP contribution in [0.2, 0.25) is 13.7 Å². The summed E-state index contributed by atoms with van der Waals surface area (Å²) < 4.78 is 1.79. The van der Waals surface area contributed by atoms with Gasteiger partial charge in [-0.05, 0) is 46.9 Å². The average Bonchev–Trinajstić information content (AvgIpc) is 2.61. The predicted molar refractivity (Wildman–Crippen MR) is 81.9 cm³/mol. The zero-order valence-corrected chi connectivity index (χ0v) is 13.4. The van der Waals surface area contributed by atoms with Crippen molar-refractivity contribution >= 4 is 74.5 Å². The molecule has 0 bridgehead atoms. The number of rotatable bonds is 2. The van der Waals surface area contributed by atoms with Gasteiger partial charge in [-0.3, -0.25) is 4.79 Å². The molecule has 1 nitrogen and oxygen atoms in total. The third-order valence-corrected chi connectivity index (χ3v) is 5.14. The van der Waals surface area contributed by atoms with E-state index in [1.807, 2.05) is 0 Å². The van der Waals surface area contributed by atoms with E-state index in [9.17, 15) is 4.79 Å². The van der Waals surface area contributed by atoms with Gasteiger partial charge in [0.2, 0.25) is 0 Å². The molecule has 0 saturated carbocycles. The summed E-state index contributed by atoms with van der Waals surface area (Å²) in [7, 11) is 0. The predicted octanol–water partition coefficient (Wildman–Crippen LogP) is 5.54. The molecule has 1 aromatic heterocycles. The minimum Gasteiger partial charge on any atom is -0.289 e. The van der Waals surface area contributed by atoms with Gasteiger partial charge in [0.1, 0.15) is 4.34 Å². The molecule has 1 heterocycles. The summed E-state index contributed by atoms with van der Waals surface area (Å²) >= 11 is 21.0. The quantitative estimate of drug-likeness (QED) is 0.463. The Balaban J connectivity index is 2.44. The van der Waals surface area contributed by atoms with Crippen molar-refractivity contribution in [2.24, 2.45) is 0 Å². The van der Waals surface area contributed by atoms with E-state index in [0.29, 0.717) is 24.8 Å². The van der Waals surface area contributed by atoms with Gasteiger partial charge in [0, 0.05) is 9.13 Å². The van der Waals surface area contributed by atoms with Crippen molar-refractivity contribution in [3.05, 3.63) is 52.7 Å². The van der Waals surface area contributed by atoms with Crippen molar-refractivity contribution in [3.63, 3.8) is 0 Å². The first-order valence-electron chi connectivity index (χ1n) is 4.43. The van der Waals surface area contributed by atoms with E-state index in [1.54, 1.807) is 24.3 Å². The van der Waals surface area contributed by atoms with Gasteiger partial charge in [0.25, 0.3) is 0 Å². The minimum atomic E-state index is -0.170. The Morgan fingerprint density at radius 2 is 1.88 bits per heavy atom. The Bertz CT molecular complexity index is 594. The van der Waals surface area contributed by atoms with E-state index >= 15 is 0 Å². The standard InChI is InChI=1S/C11H4Cl3IOS/c12-7-3-5(1-2-8(7)15)10(16)6-4-9(13)17-11(6)14/h1-4H. The number of thiophene rings is 1. The first-order chi connectivity index (χ1) is 7.99. The summed E-state index contributed by atoms with van der Waals surface area (Å²) in [6, 6.07) is 6.71. The fourth-order valence-electron chi connectivity index (χ4n) is 1.29. The Kier molecular flexibility index (Phi) is 4.36. The van der Waals surface area contributed by atoms with Crippen molar-refractivity contribution in [2.45, 2.75) is 0 Å². The van der Waals surface area contributed by atoms with E-state index in [2.05, 4.69) is 22.6 Å². The maximum absolute atomic E-state index is 12.1. The van der Waals surface area contributed by atoms with Gasteiger partial charge < -0.3 is 0 Å². The molecule has 2 rings (SSSR count). The normalized spacial score (nSPS) is 10.6. The first kappa shape index (κ1) is 13.6. The Hall–Kier alpha value is 0.190. The molecule has 1 aromatic carbocycles. The van der Waals surface area contributed by atoms with Gasteiger partial charge in [0.15, 0.2) is 5.78 Å². The molecular weight excluding hydrogens is 413 g/mol. The lowest BCUT2D eigenvalue weighted by molar-refractivity contribution is 0.103. The van der Waals surface area contributed by atoms with Crippen LogP contribution in [0, 0.1) is 3.57 Å². The monoisotopic (exact) mass is 416 g/mol. The maximum Gasteiger partial charge on any atom is 0.195 e. The summed E-state index contributed by atoms with van der Waals surface area (Å²) in [6.07, 6.45) is 0. The molecule has 2 aromatic rings. The highest BCUT2D eigenvalue weighted by Gasteiger charge is 2.16. The molecule has 0 fully saturated rings. The Morgan fingerprint density at radius 1 is 1.18 bits per heavy atom. The Morgan fingerprint density at radius 3 is 2.41 bits per heavy atom. The topological polar surface area (TPSA) is 17.1 Å². The lowest BCUT2D eigenvalue weighted by Gasteiger charge is -2.01. The number of benzene rings is 1. The molecule has 0 aliphatic heterocycles. The third-order valence-electron chi connectivity index (χ3n) is 2.08. The fraction of sp³-hybridized carbons (Fsp3) is 0. The number of carbonyl (C=O) groups is 1. The highest BCUT2D eigenvalue weighted by Crippen LogP contribution is 2.33. The highest BCUT2D eigenvalue weighted by molar-refractivity contribution is 14.1. The van der Waals surface area contributed by atoms with Crippen molar-refractivity contribution in [3.8, 4) is 0 Å². The van der Waals surface area contributed by atoms with E-state index in [-0.39, 0.29) is 5.78 Å². The number of hydrogen-bond donors (Lipinski definition) is 0. The third kappa shape index (κ3) is 2.96. The molecule has 0 amide bonds. The van der Waals surface area contributed by atoms with Crippen molar-refractivity contribution in [1.29, 1.82) is 0 Å². The van der Waals surface area contributed by atoms with Crippen LogP contribution in [0.5, 0.6) is 0 Å². The van der Waals surface area contributed by atoms with E-state index in [1.165, 1.54) is 11.3 Å². The molecule has 0 aliphatic rings. The summed E-state index contributed by atoms with van der Waals surface area (Å²) in [6.45, 7) is 0. The van der Waals surface area contributed by atoms with Gasteiger partial charge in [-0.1, -0.05) is 34.8 Å². The van der Waals surface area contributed by atoms with Gasteiger partial charge in [-0.15, -0.1) is 11.3 Å². The second kappa shape index (κ2) is 5.45. The number of halogens is 4. The molecular formula is C11H4Cl3IOS. The van der Waals surface area contributed by atoms with Crippen molar-refractivity contribution in [1.82, 2.24) is 0 Å². The van der Waals surface area contributed by atoms with Crippen LogP contribution < -0.4 is 0 Å². The summed E-state index contributed by atoms with van der Waals surface area (Å²) in [4.78, 5) is 12.1. The van der Waals surface area contributed by atoms with Crippen LogP contribution >= 0.6 is 68.7 Å². The summed E-state index contributed by atoms with van der Waals surface area (Å²) in [5, 5.41) is 0.550. The van der Waals surface area contributed by atoms with Crippen LogP contribution in [0.4, 0.5) is 0 Å². The van der Waals surface area contributed by atoms with Crippen LogP contribution in [-0.2, 0) is 0 Å². The van der Waals surface area contributed by atoms with Crippen molar-refractivity contribution in [2.75, 3.05) is 0 Å². The summed E-state index contributed by atoms with van der Waals surface area (Å²) in [5.41, 5.74) is 0.922. The Labute approximate surface area is 131 Å². The van der Waals surface area contributed by atoms with Gasteiger partial charge in [-0.2, -0.15) is 0 Å². The smallest absolute Gasteiger partial charge is 0.195 e. The largest absolute Gasteiger partial charge is 0.289 e. The van der Waals surface area contributed by atoms with Gasteiger partial charge in [-0.25, -0.2) is 0 Å². The van der Waals surface area contributed by atoms with E-state index in [0.717, 1.165) is 3.57 Å². The molecule has 0 radical (unpaired) electrons. The SMILES string of the molecule is O=C(c1ccc(I)c(Cl)c1)c1cc(Cl)sc1Cl. The van der Waals surface area contributed by atoms with E-state index in [4.69, 9.17) is 34.8 Å². The van der Waals surface area contributed by atoms with Crippen LogP contribution in [0.3, 0.4) is 0 Å². The number of carbonyl (C=O) groups excluding carboxylic acids is 1. The molecule has 0 N–H and O–H groups in total. The molecule has 6 heteroatoms. The first-order valence-corrected chi connectivity index (χ1v) is 7.46.